The molecule has 4 N–H and O–H groups in total. The summed E-state index contributed by atoms with van der Waals surface area (Å²) >= 11 is 6.05. The summed E-state index contributed by atoms with van der Waals surface area (Å²) in [5.41, 5.74) is 7.65. The summed E-state index contributed by atoms with van der Waals surface area (Å²) in [5.74, 6) is -0.369. The lowest BCUT2D eigenvalue weighted by Gasteiger charge is -2.20. The number of allylic oxidation sites excluding steroid dienone is 5. The van der Waals surface area contributed by atoms with E-state index in [9.17, 15) is 14.4 Å². The molecule has 8 nitrogen and oxygen atoms in total. The van der Waals surface area contributed by atoms with Crippen LogP contribution in [0.25, 0.3) is 0 Å². The maximum absolute atomic E-state index is 12.9. The molecule has 0 aliphatic rings. The van der Waals surface area contributed by atoms with Crippen molar-refractivity contribution in [2.24, 2.45) is 5.73 Å². The molecule has 0 aliphatic carbocycles. The molecule has 0 saturated heterocycles. The molecule has 1 aromatic carbocycles. The highest BCUT2D eigenvalue weighted by Crippen LogP contribution is 2.16. The molecule has 0 heterocycles. The van der Waals surface area contributed by atoms with Gasteiger partial charge in [0, 0.05) is 27.6 Å². The summed E-state index contributed by atoms with van der Waals surface area (Å²) in [6.07, 6.45) is 1.72. The summed E-state index contributed by atoms with van der Waals surface area (Å²) in [4.78, 5) is 37.1. The van der Waals surface area contributed by atoms with Gasteiger partial charge in [0.15, 0.2) is 5.78 Å². The first-order valence-corrected chi connectivity index (χ1v) is 11.3. The van der Waals surface area contributed by atoms with E-state index in [2.05, 4.69) is 17.2 Å². The second-order valence-electron chi connectivity index (χ2n) is 8.85. The van der Waals surface area contributed by atoms with Crippen LogP contribution in [-0.2, 0) is 20.9 Å². The Morgan fingerprint density at radius 3 is 2.26 bits per heavy atom. The van der Waals surface area contributed by atoms with E-state index >= 15 is 0 Å². The fourth-order valence-electron chi connectivity index (χ4n) is 2.60. The predicted octanol–water partition coefficient (Wildman–Crippen LogP) is 5.30. The van der Waals surface area contributed by atoms with Gasteiger partial charge in [-0.15, -0.1) is 0 Å². The average Bonchev–Trinajstić information content (AvgIpc) is 2.74. The summed E-state index contributed by atoms with van der Waals surface area (Å²) in [6.45, 7) is 13.8. The lowest BCUT2D eigenvalue weighted by Crippen LogP contribution is -2.32. The minimum atomic E-state index is -0.718. The molecule has 0 aromatic heterocycles. The molecule has 1 aromatic rings. The van der Waals surface area contributed by atoms with Gasteiger partial charge in [0.05, 0.1) is 6.54 Å². The number of nitrogens with two attached hydrogens (primary N) is 1. The van der Waals surface area contributed by atoms with Crippen molar-refractivity contribution >= 4 is 29.6 Å². The van der Waals surface area contributed by atoms with Gasteiger partial charge < -0.3 is 20.5 Å². The zero-order valence-corrected chi connectivity index (χ0v) is 21.8. The second kappa shape index (κ2) is 13.4. The largest absolute Gasteiger partial charge is 0.445 e. The number of ketones is 1. The van der Waals surface area contributed by atoms with Gasteiger partial charge in [0.1, 0.15) is 12.2 Å². The molecule has 0 atom stereocenters. The van der Waals surface area contributed by atoms with Crippen LogP contribution < -0.4 is 16.4 Å². The molecule has 0 saturated carbocycles. The van der Waals surface area contributed by atoms with Crippen LogP contribution in [0, 0.1) is 0 Å². The van der Waals surface area contributed by atoms with Crippen molar-refractivity contribution in [3.05, 3.63) is 81.7 Å². The monoisotopic (exact) mass is 503 g/mol. The average molecular weight is 504 g/mol. The normalized spacial score (nSPS) is 12.9. The molecule has 2 amide bonds. The molecule has 0 unspecified atom stereocenters. The number of rotatable bonds is 9. The Morgan fingerprint density at radius 2 is 1.71 bits per heavy atom. The minimum Gasteiger partial charge on any atom is -0.445 e. The number of halogens is 1. The van der Waals surface area contributed by atoms with Crippen molar-refractivity contribution < 1.29 is 23.9 Å². The van der Waals surface area contributed by atoms with Crippen LogP contribution in [0.3, 0.4) is 0 Å². The van der Waals surface area contributed by atoms with Crippen LogP contribution in [0.5, 0.6) is 0 Å². The van der Waals surface area contributed by atoms with Gasteiger partial charge in [-0.3, -0.25) is 10.1 Å². The van der Waals surface area contributed by atoms with Crippen LogP contribution in [0.4, 0.5) is 9.59 Å². The number of amides is 2. The molecule has 35 heavy (non-hydrogen) atoms. The number of hydrogen-bond acceptors (Lipinski definition) is 6. The van der Waals surface area contributed by atoms with E-state index in [1.807, 2.05) is 0 Å². The maximum Gasteiger partial charge on any atom is 0.412 e. The number of benzene rings is 1. The molecule has 190 valence electrons. The van der Waals surface area contributed by atoms with Crippen LogP contribution in [0.1, 0.15) is 47.1 Å². The van der Waals surface area contributed by atoms with E-state index in [-0.39, 0.29) is 30.2 Å². The fraction of sp³-hybridized carbons (Fsp3) is 0.346. The first-order chi connectivity index (χ1) is 16.2. The molecular weight excluding hydrogens is 470 g/mol. The van der Waals surface area contributed by atoms with Crippen LogP contribution >= 0.6 is 11.6 Å². The van der Waals surface area contributed by atoms with Gasteiger partial charge >= 0.3 is 12.2 Å². The summed E-state index contributed by atoms with van der Waals surface area (Å²) in [7, 11) is 0. The number of carbonyl (C=O) groups excluding carboxylic acids is 3. The third-order valence-corrected chi connectivity index (χ3v) is 4.80. The maximum atomic E-state index is 12.9. The lowest BCUT2D eigenvalue weighted by molar-refractivity contribution is -0.112. The van der Waals surface area contributed by atoms with Crippen molar-refractivity contribution in [1.82, 2.24) is 10.6 Å². The van der Waals surface area contributed by atoms with E-state index in [1.54, 1.807) is 71.9 Å². The van der Waals surface area contributed by atoms with Gasteiger partial charge in [-0.05, 0) is 64.8 Å². The number of Topliss-reactive ketones (excluding diaryl/α,β-unsaturated/α-hetero) is 1. The highest BCUT2D eigenvalue weighted by Gasteiger charge is 2.18. The molecular formula is C26H34ClN3O5. The molecule has 0 radical (unpaired) electrons. The van der Waals surface area contributed by atoms with E-state index in [4.69, 9.17) is 26.8 Å². The Kier molecular flexibility index (Phi) is 11.3. The minimum absolute atomic E-state index is 0.0157. The van der Waals surface area contributed by atoms with E-state index < -0.39 is 17.8 Å². The summed E-state index contributed by atoms with van der Waals surface area (Å²) < 4.78 is 10.4. The topological polar surface area (TPSA) is 120 Å². The highest BCUT2D eigenvalue weighted by atomic mass is 35.5. The SMILES string of the molecule is C=C(C)/C(=C\C=C(/C)C(=O)C(CNC(=O)OCc1ccccc1Cl)=C(C)N)NC(=O)OC(C)(C)C. The number of alkyl carbamates (subject to hydrolysis) is 2. The van der Waals surface area contributed by atoms with E-state index in [1.165, 1.54) is 6.08 Å². The van der Waals surface area contributed by atoms with Crippen molar-refractivity contribution in [3.63, 3.8) is 0 Å². The number of ether oxygens (including phenoxy) is 2. The van der Waals surface area contributed by atoms with Crippen LogP contribution in [0.2, 0.25) is 5.02 Å². The molecule has 0 aliphatic heterocycles. The third kappa shape index (κ3) is 11.0. The smallest absolute Gasteiger partial charge is 0.412 e. The third-order valence-electron chi connectivity index (χ3n) is 4.43. The standard InChI is InChI=1S/C26H34ClN3O5/c1-16(2)22(30-25(33)35-26(5,6)7)13-12-17(3)23(31)20(18(4)28)14-29-24(32)34-15-19-10-8-9-11-21(19)27/h8-13H,1,14-15,28H2,2-7H3,(H,29,32)(H,30,33)/b17-12+,20-18?,22-13+. The van der Waals surface area contributed by atoms with Gasteiger partial charge in [-0.1, -0.05) is 42.5 Å². The zero-order chi connectivity index (χ0) is 26.8. The molecule has 0 fully saturated rings. The second-order valence-corrected chi connectivity index (χ2v) is 9.26. The summed E-state index contributed by atoms with van der Waals surface area (Å²) in [5, 5.41) is 5.63. The first kappa shape index (κ1) is 29.5. The molecule has 0 bridgehead atoms. The van der Waals surface area contributed by atoms with Crippen molar-refractivity contribution in [3.8, 4) is 0 Å². The zero-order valence-electron chi connectivity index (χ0n) is 21.1. The highest BCUT2D eigenvalue weighted by molar-refractivity contribution is 6.31. The van der Waals surface area contributed by atoms with Crippen molar-refractivity contribution in [2.45, 2.75) is 53.8 Å². The Labute approximate surface area is 211 Å². The number of nitrogens with one attached hydrogen (secondary N) is 2. The Balaban J connectivity index is 2.84. The Hall–Kier alpha value is -3.52. The van der Waals surface area contributed by atoms with Gasteiger partial charge in [0.25, 0.3) is 0 Å². The Morgan fingerprint density at radius 1 is 1.09 bits per heavy atom. The van der Waals surface area contributed by atoms with Gasteiger partial charge in [-0.25, -0.2) is 9.59 Å². The van der Waals surface area contributed by atoms with Gasteiger partial charge in [0.2, 0.25) is 0 Å². The molecule has 1 rings (SSSR count). The number of carbonyl (C=O) groups is 3. The first-order valence-electron chi connectivity index (χ1n) is 10.9. The van der Waals surface area contributed by atoms with Crippen molar-refractivity contribution in [2.75, 3.05) is 6.54 Å². The quantitative estimate of drug-likeness (QED) is 0.310. The molecule has 9 heteroatoms. The Bertz CT molecular complexity index is 1060. The molecule has 0 spiro atoms. The van der Waals surface area contributed by atoms with Crippen LogP contribution in [0.15, 0.2) is 71.1 Å². The lowest BCUT2D eigenvalue weighted by atomic mass is 10.0. The van der Waals surface area contributed by atoms with E-state index in [0.29, 0.717) is 27.4 Å². The fourth-order valence-corrected chi connectivity index (χ4v) is 2.79. The van der Waals surface area contributed by atoms with Gasteiger partial charge in [-0.2, -0.15) is 0 Å². The number of hydrogen-bond donors (Lipinski definition) is 3. The van der Waals surface area contributed by atoms with E-state index in [0.717, 1.165) is 0 Å². The summed E-state index contributed by atoms with van der Waals surface area (Å²) in [6, 6.07) is 7.00. The van der Waals surface area contributed by atoms with Crippen molar-refractivity contribution in [1.29, 1.82) is 0 Å². The predicted molar refractivity (Wildman–Crippen MR) is 138 cm³/mol. The van der Waals surface area contributed by atoms with Crippen LogP contribution in [-0.4, -0.2) is 30.1 Å².